The number of hydrogen-bond donors (Lipinski definition) is 1. The summed E-state index contributed by atoms with van der Waals surface area (Å²) in [6, 6.07) is 1.63. The van der Waals surface area contributed by atoms with E-state index in [0.29, 0.717) is 15.7 Å². The van der Waals surface area contributed by atoms with Crippen molar-refractivity contribution in [2.45, 2.75) is 6.92 Å². The van der Waals surface area contributed by atoms with Gasteiger partial charge in [-0.3, -0.25) is 0 Å². The van der Waals surface area contributed by atoms with Crippen LogP contribution in [-0.4, -0.2) is 4.98 Å². The Balaban J connectivity index is 2.95. The van der Waals surface area contributed by atoms with Crippen molar-refractivity contribution in [2.24, 2.45) is 0 Å². The Morgan fingerprint density at radius 2 is 2.15 bits per heavy atom. The van der Waals surface area contributed by atoms with E-state index in [1.807, 2.05) is 6.92 Å². The van der Waals surface area contributed by atoms with Crippen molar-refractivity contribution in [3.05, 3.63) is 21.1 Å². The zero-order valence-corrected chi connectivity index (χ0v) is 9.09. The minimum absolute atomic E-state index is 0.503. The number of aryl methyl sites for hydroxylation is 1. The minimum Gasteiger partial charge on any atom is -0.397 e. The molecule has 2 rings (SSSR count). The Morgan fingerprint density at radius 1 is 1.46 bits per heavy atom. The van der Waals surface area contributed by atoms with Crippen molar-refractivity contribution in [3.8, 4) is 0 Å². The van der Waals surface area contributed by atoms with Gasteiger partial charge in [0.05, 0.1) is 25.4 Å². The number of thiazole rings is 1. The zero-order valence-electron chi connectivity index (χ0n) is 6.77. The van der Waals surface area contributed by atoms with E-state index in [1.165, 1.54) is 11.3 Å². The molecule has 0 radical (unpaired) electrons. The van der Waals surface area contributed by atoms with Gasteiger partial charge in [-0.05, 0) is 13.0 Å². The van der Waals surface area contributed by atoms with Gasteiger partial charge in [0.2, 0.25) is 0 Å². The summed E-state index contributed by atoms with van der Waals surface area (Å²) < 4.78 is 0.865. The molecule has 0 aliphatic heterocycles. The molecule has 0 fully saturated rings. The van der Waals surface area contributed by atoms with Gasteiger partial charge in [0.1, 0.15) is 5.52 Å². The molecule has 2 aromatic rings. The van der Waals surface area contributed by atoms with Crippen molar-refractivity contribution < 1.29 is 0 Å². The first-order valence-electron chi connectivity index (χ1n) is 3.60. The molecule has 0 saturated carbocycles. The molecular weight excluding hydrogens is 227 g/mol. The van der Waals surface area contributed by atoms with Gasteiger partial charge >= 0.3 is 0 Å². The quantitative estimate of drug-likeness (QED) is 0.707. The van der Waals surface area contributed by atoms with Crippen molar-refractivity contribution in [3.63, 3.8) is 0 Å². The topological polar surface area (TPSA) is 38.9 Å². The first-order chi connectivity index (χ1) is 6.09. The lowest BCUT2D eigenvalue weighted by molar-refractivity contribution is 1.35. The summed E-state index contributed by atoms with van der Waals surface area (Å²) in [5.74, 6) is 0. The molecule has 0 saturated heterocycles. The Hall–Kier alpha value is -0.510. The summed E-state index contributed by atoms with van der Waals surface area (Å²) in [5.41, 5.74) is 6.90. The van der Waals surface area contributed by atoms with E-state index in [-0.39, 0.29) is 0 Å². The van der Waals surface area contributed by atoms with Crippen LogP contribution >= 0.6 is 34.5 Å². The predicted octanol–water partition coefficient (Wildman–Crippen LogP) is 3.49. The number of halogens is 2. The van der Waals surface area contributed by atoms with Crippen molar-refractivity contribution >= 4 is 50.4 Å². The third-order valence-electron chi connectivity index (χ3n) is 1.70. The Kier molecular flexibility index (Phi) is 2.10. The molecule has 2 N–H and O–H groups in total. The van der Waals surface area contributed by atoms with E-state index in [2.05, 4.69) is 4.98 Å². The smallest absolute Gasteiger partial charge is 0.102 e. The number of benzene rings is 1. The maximum atomic E-state index is 6.00. The Labute approximate surface area is 89.3 Å². The van der Waals surface area contributed by atoms with Gasteiger partial charge in [-0.15, -0.1) is 11.3 Å². The Bertz CT molecular complexity index is 478. The van der Waals surface area contributed by atoms with Crippen LogP contribution in [0.4, 0.5) is 5.69 Å². The van der Waals surface area contributed by atoms with Crippen molar-refractivity contribution in [1.82, 2.24) is 4.98 Å². The first kappa shape index (κ1) is 9.06. The molecule has 1 aromatic carbocycles. The summed E-state index contributed by atoms with van der Waals surface area (Å²) in [4.78, 5) is 4.26. The van der Waals surface area contributed by atoms with E-state index in [0.717, 1.165) is 15.2 Å². The van der Waals surface area contributed by atoms with Crippen LogP contribution in [0, 0.1) is 6.92 Å². The Morgan fingerprint density at radius 3 is 2.85 bits per heavy atom. The summed E-state index contributed by atoms with van der Waals surface area (Å²) in [7, 11) is 0. The molecule has 1 heterocycles. The van der Waals surface area contributed by atoms with Crippen LogP contribution in [0.2, 0.25) is 10.0 Å². The maximum absolute atomic E-state index is 6.00. The molecule has 0 atom stereocenters. The van der Waals surface area contributed by atoms with E-state index in [4.69, 9.17) is 28.9 Å². The van der Waals surface area contributed by atoms with Crippen LogP contribution < -0.4 is 5.73 Å². The molecule has 5 heteroatoms. The number of anilines is 1. The number of hydrogen-bond acceptors (Lipinski definition) is 3. The van der Waals surface area contributed by atoms with Crippen LogP contribution in [-0.2, 0) is 0 Å². The van der Waals surface area contributed by atoms with Crippen LogP contribution in [0.3, 0.4) is 0 Å². The molecule has 0 aliphatic carbocycles. The lowest BCUT2D eigenvalue weighted by Gasteiger charge is -1.99. The average Bonchev–Trinajstić information content (AvgIpc) is 2.44. The van der Waals surface area contributed by atoms with Crippen LogP contribution in [0.5, 0.6) is 0 Å². The number of nitrogens with two attached hydrogens (primary N) is 1. The molecule has 68 valence electrons. The fraction of sp³-hybridized carbons (Fsp3) is 0.125. The standard InChI is InChI=1S/C8H6Cl2N2S/c1-3-12-7-4(9)2-5(11)6(10)8(7)13-3/h2H,11H2,1H3. The summed E-state index contributed by atoms with van der Waals surface area (Å²) in [6.45, 7) is 1.91. The van der Waals surface area contributed by atoms with Crippen LogP contribution in [0.25, 0.3) is 10.2 Å². The van der Waals surface area contributed by atoms with Gasteiger partial charge in [-0.2, -0.15) is 0 Å². The van der Waals surface area contributed by atoms with E-state index < -0.39 is 0 Å². The molecular formula is C8H6Cl2N2S. The second-order valence-corrected chi connectivity index (χ2v) is 4.66. The summed E-state index contributed by atoms with van der Waals surface area (Å²) in [5, 5.41) is 2.04. The highest BCUT2D eigenvalue weighted by Gasteiger charge is 2.11. The normalized spacial score (nSPS) is 11.0. The molecule has 2 nitrogen and oxygen atoms in total. The van der Waals surface area contributed by atoms with Gasteiger partial charge in [0, 0.05) is 0 Å². The van der Waals surface area contributed by atoms with Crippen molar-refractivity contribution in [1.29, 1.82) is 0 Å². The first-order valence-corrected chi connectivity index (χ1v) is 5.17. The van der Waals surface area contributed by atoms with Crippen LogP contribution in [0.1, 0.15) is 5.01 Å². The molecule has 0 aliphatic rings. The largest absolute Gasteiger partial charge is 0.397 e. The fourth-order valence-corrected chi connectivity index (χ4v) is 2.60. The molecule has 0 amide bonds. The fourth-order valence-electron chi connectivity index (χ4n) is 1.14. The molecule has 1 aromatic heterocycles. The van der Waals surface area contributed by atoms with Gasteiger partial charge in [-0.1, -0.05) is 23.2 Å². The lowest BCUT2D eigenvalue weighted by Crippen LogP contribution is -1.86. The van der Waals surface area contributed by atoms with Gasteiger partial charge in [0.25, 0.3) is 0 Å². The summed E-state index contributed by atoms with van der Waals surface area (Å²) >= 11 is 13.5. The van der Waals surface area contributed by atoms with E-state index in [9.17, 15) is 0 Å². The molecule has 0 bridgehead atoms. The predicted molar refractivity (Wildman–Crippen MR) is 58.8 cm³/mol. The highest BCUT2D eigenvalue weighted by Crippen LogP contribution is 2.37. The molecule has 0 unspecified atom stereocenters. The zero-order chi connectivity index (χ0) is 9.59. The third kappa shape index (κ3) is 1.37. The monoisotopic (exact) mass is 232 g/mol. The number of nitrogen functional groups attached to an aromatic ring is 1. The van der Waals surface area contributed by atoms with Crippen molar-refractivity contribution in [2.75, 3.05) is 5.73 Å². The maximum Gasteiger partial charge on any atom is 0.102 e. The number of fused-ring (bicyclic) bond motifs is 1. The minimum atomic E-state index is 0.503. The SMILES string of the molecule is Cc1nc2c(Cl)cc(N)c(Cl)c2s1. The summed E-state index contributed by atoms with van der Waals surface area (Å²) in [6.07, 6.45) is 0. The van der Waals surface area contributed by atoms with Gasteiger partial charge in [-0.25, -0.2) is 4.98 Å². The number of nitrogens with zero attached hydrogens (tertiary/aromatic N) is 1. The third-order valence-corrected chi connectivity index (χ3v) is 3.49. The second kappa shape index (κ2) is 3.01. The number of rotatable bonds is 0. The lowest BCUT2D eigenvalue weighted by atomic mass is 10.3. The highest BCUT2D eigenvalue weighted by atomic mass is 35.5. The molecule has 0 spiro atoms. The second-order valence-electron chi connectivity index (χ2n) is 2.67. The number of aromatic nitrogens is 1. The van der Waals surface area contributed by atoms with Gasteiger partial charge < -0.3 is 5.73 Å². The van der Waals surface area contributed by atoms with Crippen LogP contribution in [0.15, 0.2) is 6.07 Å². The van der Waals surface area contributed by atoms with Gasteiger partial charge in [0.15, 0.2) is 0 Å². The van der Waals surface area contributed by atoms with E-state index >= 15 is 0 Å². The van der Waals surface area contributed by atoms with E-state index in [1.54, 1.807) is 6.07 Å². The molecule has 13 heavy (non-hydrogen) atoms. The highest BCUT2D eigenvalue weighted by molar-refractivity contribution is 7.19. The average molecular weight is 233 g/mol.